The first-order valence-electron chi connectivity index (χ1n) is 11.6. The van der Waals surface area contributed by atoms with Crippen molar-refractivity contribution in [3.8, 4) is 11.4 Å². The Hall–Kier alpha value is -3.67. The Kier molecular flexibility index (Phi) is 5.70. The number of rotatable bonds is 4. The summed E-state index contributed by atoms with van der Waals surface area (Å²) in [6.45, 7) is 1.88. The van der Waals surface area contributed by atoms with Gasteiger partial charge in [-0.1, -0.05) is 0 Å². The summed E-state index contributed by atoms with van der Waals surface area (Å²) in [7, 11) is 0. The number of hydrogen-bond donors (Lipinski definition) is 1. The van der Waals surface area contributed by atoms with Crippen molar-refractivity contribution in [2.45, 2.75) is 37.7 Å². The molecule has 37 heavy (non-hydrogen) atoms. The maximum Gasteiger partial charge on any atom is 0.254 e. The first kappa shape index (κ1) is 25.0. The molecule has 4 heterocycles. The number of carbonyl (C=O) groups is 1. The average Bonchev–Trinajstić information content (AvgIpc) is 3.24. The molecule has 2 saturated heterocycles. The first-order chi connectivity index (χ1) is 17.3. The van der Waals surface area contributed by atoms with Gasteiger partial charge in [0, 0.05) is 18.0 Å². The molecule has 2 aromatic heterocycles. The lowest BCUT2D eigenvalue weighted by Crippen LogP contribution is -2.44. The van der Waals surface area contributed by atoms with E-state index in [-0.39, 0.29) is 34.3 Å². The zero-order chi connectivity index (χ0) is 26.8. The van der Waals surface area contributed by atoms with Gasteiger partial charge < -0.3 is 14.9 Å². The standard InChI is InChI=1S/C25H24F4N6O2/c1-14-18(27)19(23(2,3)37)33-22(32-14)35-12-24(28)10-34(11-25(24,29)13-35)21(36)17-9-15(26)5-6-16(17)20-30-7-4-8-31-20/h4-9,37H,10-13H2,1-3H3/t24-,25+. The van der Waals surface area contributed by atoms with Crippen LogP contribution in [0.4, 0.5) is 23.5 Å². The number of anilines is 1. The predicted molar refractivity (Wildman–Crippen MR) is 125 cm³/mol. The van der Waals surface area contributed by atoms with Crippen molar-refractivity contribution in [3.63, 3.8) is 0 Å². The fourth-order valence-corrected chi connectivity index (χ4v) is 4.86. The van der Waals surface area contributed by atoms with Crippen LogP contribution < -0.4 is 4.90 Å². The molecule has 8 nitrogen and oxygen atoms in total. The molecule has 0 spiro atoms. The van der Waals surface area contributed by atoms with Crippen LogP contribution in [0.15, 0.2) is 36.7 Å². The number of aryl methyl sites for hydroxylation is 1. The van der Waals surface area contributed by atoms with Gasteiger partial charge in [0.25, 0.3) is 5.91 Å². The molecule has 2 fully saturated rings. The van der Waals surface area contributed by atoms with Crippen molar-refractivity contribution in [1.29, 1.82) is 0 Å². The van der Waals surface area contributed by atoms with E-state index in [1.165, 1.54) is 44.1 Å². The maximum atomic E-state index is 16.1. The second kappa shape index (κ2) is 8.44. The van der Waals surface area contributed by atoms with E-state index in [4.69, 9.17) is 0 Å². The third-order valence-electron chi connectivity index (χ3n) is 6.74. The number of aromatic nitrogens is 4. The summed E-state index contributed by atoms with van der Waals surface area (Å²) in [5.41, 5.74) is -6.84. The molecule has 3 aromatic rings. The number of aliphatic hydroxyl groups is 1. The average molecular weight is 516 g/mol. The molecule has 0 saturated carbocycles. The van der Waals surface area contributed by atoms with Crippen LogP contribution in [-0.4, -0.2) is 73.4 Å². The highest BCUT2D eigenvalue weighted by atomic mass is 19.2. The Labute approximate surface area is 210 Å². The van der Waals surface area contributed by atoms with Crippen LogP contribution in [0.1, 0.15) is 35.6 Å². The minimum atomic E-state index is -2.49. The number of nitrogens with zero attached hydrogens (tertiary/aromatic N) is 6. The number of amides is 1. The van der Waals surface area contributed by atoms with E-state index in [2.05, 4.69) is 19.9 Å². The van der Waals surface area contributed by atoms with Crippen LogP contribution in [0, 0.1) is 18.6 Å². The molecule has 2 aliphatic heterocycles. The number of alkyl halides is 2. The Morgan fingerprint density at radius 1 is 1.03 bits per heavy atom. The van der Waals surface area contributed by atoms with Crippen LogP contribution in [0.3, 0.4) is 0 Å². The Balaban J connectivity index is 1.43. The summed E-state index contributed by atoms with van der Waals surface area (Å²) in [5, 5.41) is 10.3. The number of likely N-dealkylation sites (tertiary alicyclic amines) is 1. The van der Waals surface area contributed by atoms with Crippen molar-refractivity contribution in [3.05, 3.63) is 65.2 Å². The molecule has 12 heteroatoms. The zero-order valence-electron chi connectivity index (χ0n) is 20.3. The highest BCUT2D eigenvalue weighted by Gasteiger charge is 2.67. The molecule has 194 valence electrons. The SMILES string of the molecule is Cc1nc(N2C[C@]3(F)CN(C(=O)c4cc(F)ccc4-c4ncccn4)C[C@]3(F)C2)nc(C(C)(C)O)c1F. The summed E-state index contributed by atoms with van der Waals surface area (Å²) in [6, 6.07) is 5.08. The van der Waals surface area contributed by atoms with Crippen LogP contribution in [0.5, 0.6) is 0 Å². The van der Waals surface area contributed by atoms with Gasteiger partial charge in [0.2, 0.25) is 5.95 Å². The molecular weight excluding hydrogens is 492 g/mol. The predicted octanol–water partition coefficient (Wildman–Crippen LogP) is 3.14. The van der Waals surface area contributed by atoms with Gasteiger partial charge in [0.05, 0.1) is 37.4 Å². The molecule has 1 N–H and O–H groups in total. The van der Waals surface area contributed by atoms with E-state index in [1.807, 2.05) is 0 Å². The van der Waals surface area contributed by atoms with Gasteiger partial charge in [-0.05, 0) is 45.0 Å². The molecule has 1 amide bonds. The molecule has 1 aromatic carbocycles. The molecule has 2 atom stereocenters. The normalized spacial score (nSPS) is 23.5. The summed E-state index contributed by atoms with van der Waals surface area (Å²) >= 11 is 0. The highest BCUT2D eigenvalue weighted by molar-refractivity contribution is 6.00. The number of fused-ring (bicyclic) bond motifs is 1. The Morgan fingerprint density at radius 2 is 1.65 bits per heavy atom. The molecule has 0 radical (unpaired) electrons. The third-order valence-corrected chi connectivity index (χ3v) is 6.74. The summed E-state index contributed by atoms with van der Waals surface area (Å²) in [6.07, 6.45) is 2.93. The third kappa shape index (κ3) is 4.18. The molecule has 5 rings (SSSR count). The van der Waals surface area contributed by atoms with Gasteiger partial charge in [-0.25, -0.2) is 37.5 Å². The quantitative estimate of drug-likeness (QED) is 0.533. The lowest BCUT2D eigenvalue weighted by atomic mass is 9.94. The lowest BCUT2D eigenvalue weighted by molar-refractivity contribution is 0.0491. The van der Waals surface area contributed by atoms with Crippen LogP contribution in [0.25, 0.3) is 11.4 Å². The van der Waals surface area contributed by atoms with E-state index in [9.17, 15) is 18.7 Å². The van der Waals surface area contributed by atoms with Gasteiger partial charge in [-0.3, -0.25) is 4.79 Å². The van der Waals surface area contributed by atoms with E-state index in [0.29, 0.717) is 0 Å². The Bertz CT molecular complexity index is 1370. The second-order valence-corrected chi connectivity index (χ2v) is 10.0. The maximum absolute atomic E-state index is 16.1. The van der Waals surface area contributed by atoms with Crippen LogP contribution in [-0.2, 0) is 5.60 Å². The van der Waals surface area contributed by atoms with E-state index in [0.717, 1.165) is 17.0 Å². The number of hydrogen-bond acceptors (Lipinski definition) is 7. The minimum absolute atomic E-state index is 0.0708. The van der Waals surface area contributed by atoms with Crippen LogP contribution in [0.2, 0.25) is 0 Å². The fraction of sp³-hybridized carbons (Fsp3) is 0.400. The largest absolute Gasteiger partial charge is 0.384 e. The highest BCUT2D eigenvalue weighted by Crippen LogP contribution is 2.46. The number of benzene rings is 1. The van der Waals surface area contributed by atoms with Gasteiger partial charge in [0.15, 0.2) is 23.0 Å². The number of carbonyl (C=O) groups excluding carboxylic acids is 1. The van der Waals surface area contributed by atoms with Crippen molar-refractivity contribution in [2.24, 2.45) is 0 Å². The monoisotopic (exact) mass is 516 g/mol. The minimum Gasteiger partial charge on any atom is -0.384 e. The fourth-order valence-electron chi connectivity index (χ4n) is 4.86. The van der Waals surface area contributed by atoms with Gasteiger partial charge >= 0.3 is 0 Å². The lowest BCUT2D eigenvalue weighted by Gasteiger charge is -2.25. The van der Waals surface area contributed by atoms with Gasteiger partial charge in [-0.2, -0.15) is 0 Å². The van der Waals surface area contributed by atoms with Crippen molar-refractivity contribution >= 4 is 11.9 Å². The summed E-state index contributed by atoms with van der Waals surface area (Å²) in [4.78, 5) is 31.9. The summed E-state index contributed by atoms with van der Waals surface area (Å²) in [5.74, 6) is -2.19. The van der Waals surface area contributed by atoms with Crippen molar-refractivity contribution in [1.82, 2.24) is 24.8 Å². The molecule has 2 aliphatic rings. The molecule has 0 aliphatic carbocycles. The molecule has 0 unspecified atom stereocenters. The first-order valence-corrected chi connectivity index (χ1v) is 11.6. The smallest absolute Gasteiger partial charge is 0.254 e. The second-order valence-electron chi connectivity index (χ2n) is 10.0. The molecule has 0 bridgehead atoms. The zero-order valence-corrected chi connectivity index (χ0v) is 20.3. The number of halogens is 4. The molecular formula is C25H24F4N6O2. The van der Waals surface area contributed by atoms with E-state index < -0.39 is 60.7 Å². The van der Waals surface area contributed by atoms with Crippen molar-refractivity contribution < 1.29 is 27.5 Å². The van der Waals surface area contributed by atoms with Crippen molar-refractivity contribution in [2.75, 3.05) is 31.1 Å². The van der Waals surface area contributed by atoms with E-state index >= 15 is 8.78 Å². The summed E-state index contributed by atoms with van der Waals surface area (Å²) < 4.78 is 60.7. The van der Waals surface area contributed by atoms with E-state index in [1.54, 1.807) is 6.07 Å². The Morgan fingerprint density at radius 3 is 2.24 bits per heavy atom. The topological polar surface area (TPSA) is 95.3 Å². The van der Waals surface area contributed by atoms with Gasteiger partial charge in [0.1, 0.15) is 17.1 Å². The van der Waals surface area contributed by atoms with Crippen LogP contribution >= 0.6 is 0 Å². The van der Waals surface area contributed by atoms with Gasteiger partial charge in [-0.15, -0.1) is 0 Å².